The second-order valence-electron chi connectivity index (χ2n) is 1.92. The van der Waals surface area contributed by atoms with Crippen LogP contribution in [-0.2, 0) is 4.79 Å². The predicted molar refractivity (Wildman–Crippen MR) is 33.1 cm³/mol. The fourth-order valence-corrected chi connectivity index (χ4v) is 0.811. The van der Waals surface area contributed by atoms with Gasteiger partial charge < -0.3 is 0 Å². The third kappa shape index (κ3) is 0.570. The van der Waals surface area contributed by atoms with Gasteiger partial charge in [-0.2, -0.15) is 0 Å². The van der Waals surface area contributed by atoms with Crippen molar-refractivity contribution in [2.75, 3.05) is 0 Å². The summed E-state index contributed by atoms with van der Waals surface area (Å²) in [6, 6.07) is 0. The van der Waals surface area contributed by atoms with E-state index in [4.69, 9.17) is 0 Å². The van der Waals surface area contributed by atoms with E-state index in [1.165, 1.54) is 5.01 Å². The number of nitrogens with zero attached hydrogens (tertiary/aromatic N) is 4. The molecule has 5 nitrogen and oxygen atoms in total. The molecule has 0 spiro atoms. The minimum absolute atomic E-state index is 0.305. The first-order valence-corrected chi connectivity index (χ1v) is 2.82. The van der Waals surface area contributed by atoms with Crippen molar-refractivity contribution in [2.45, 2.75) is 6.17 Å². The molecule has 1 atom stereocenters. The SMILES string of the molecule is O=C1N=NN2C=CC=NC12. The van der Waals surface area contributed by atoms with Gasteiger partial charge in [0, 0.05) is 12.4 Å². The Kier molecular flexibility index (Phi) is 0.913. The lowest BCUT2D eigenvalue weighted by molar-refractivity contribution is -0.119. The van der Waals surface area contributed by atoms with Crippen molar-refractivity contribution >= 4 is 12.1 Å². The van der Waals surface area contributed by atoms with Crippen LogP contribution in [0.2, 0.25) is 0 Å². The van der Waals surface area contributed by atoms with Crippen LogP contribution < -0.4 is 0 Å². The molecular formula is C5H4N4O. The highest BCUT2D eigenvalue weighted by Crippen LogP contribution is 2.14. The lowest BCUT2D eigenvalue weighted by Gasteiger charge is -2.13. The average molecular weight is 136 g/mol. The molecule has 5 heteroatoms. The summed E-state index contributed by atoms with van der Waals surface area (Å²) in [5.41, 5.74) is 0. The molecule has 2 aliphatic heterocycles. The Balaban J connectivity index is 2.34. The van der Waals surface area contributed by atoms with E-state index in [-0.39, 0.29) is 5.91 Å². The van der Waals surface area contributed by atoms with Gasteiger partial charge >= 0.3 is 5.91 Å². The van der Waals surface area contributed by atoms with Gasteiger partial charge in [-0.05, 0) is 6.08 Å². The van der Waals surface area contributed by atoms with Gasteiger partial charge in [0.15, 0.2) is 0 Å². The van der Waals surface area contributed by atoms with Crippen molar-refractivity contribution in [3.63, 3.8) is 0 Å². The normalized spacial score (nSPS) is 27.8. The van der Waals surface area contributed by atoms with Crippen LogP contribution in [0.25, 0.3) is 0 Å². The number of rotatable bonds is 0. The molecule has 0 N–H and O–H groups in total. The maximum Gasteiger partial charge on any atom is 0.312 e. The van der Waals surface area contributed by atoms with E-state index in [9.17, 15) is 4.79 Å². The second-order valence-corrected chi connectivity index (χ2v) is 1.92. The summed E-state index contributed by atoms with van der Waals surface area (Å²) in [4.78, 5) is 14.6. The van der Waals surface area contributed by atoms with Crippen LogP contribution in [0.3, 0.4) is 0 Å². The van der Waals surface area contributed by atoms with Crippen LogP contribution in [0, 0.1) is 0 Å². The summed E-state index contributed by atoms with van der Waals surface area (Å²) in [5, 5.41) is 8.29. The molecule has 0 saturated heterocycles. The number of carbonyl (C=O) groups excluding carboxylic acids is 1. The first-order valence-electron chi connectivity index (χ1n) is 2.82. The van der Waals surface area contributed by atoms with Gasteiger partial charge in [0.1, 0.15) is 0 Å². The number of amides is 1. The molecule has 0 bridgehead atoms. The average Bonchev–Trinajstić information content (AvgIpc) is 2.34. The van der Waals surface area contributed by atoms with Gasteiger partial charge in [0.2, 0.25) is 6.17 Å². The number of allylic oxidation sites excluding steroid dienone is 1. The highest BCUT2D eigenvalue weighted by atomic mass is 16.2. The molecule has 0 saturated carbocycles. The lowest BCUT2D eigenvalue weighted by Crippen LogP contribution is -2.27. The maximum absolute atomic E-state index is 10.8. The van der Waals surface area contributed by atoms with Gasteiger partial charge in [0.05, 0.1) is 0 Å². The van der Waals surface area contributed by atoms with Crippen LogP contribution in [0.4, 0.5) is 0 Å². The fraction of sp³-hybridized carbons (Fsp3) is 0.200. The summed E-state index contributed by atoms with van der Waals surface area (Å²) in [7, 11) is 0. The zero-order valence-corrected chi connectivity index (χ0v) is 5.01. The second kappa shape index (κ2) is 1.73. The van der Waals surface area contributed by atoms with E-state index in [0.29, 0.717) is 0 Å². The Bertz CT molecular complexity index is 252. The fourth-order valence-electron chi connectivity index (χ4n) is 0.811. The van der Waals surface area contributed by atoms with E-state index in [1.807, 2.05) is 0 Å². The van der Waals surface area contributed by atoms with Gasteiger partial charge in [-0.25, -0.2) is 5.01 Å². The van der Waals surface area contributed by atoms with E-state index in [2.05, 4.69) is 15.3 Å². The monoisotopic (exact) mass is 136 g/mol. The van der Waals surface area contributed by atoms with Crippen LogP contribution in [0.15, 0.2) is 27.6 Å². The van der Waals surface area contributed by atoms with Crippen LogP contribution in [0.5, 0.6) is 0 Å². The van der Waals surface area contributed by atoms with Gasteiger partial charge in [-0.1, -0.05) is 10.3 Å². The van der Waals surface area contributed by atoms with Crippen molar-refractivity contribution in [1.82, 2.24) is 5.01 Å². The summed E-state index contributed by atoms with van der Waals surface area (Å²) >= 11 is 0. The summed E-state index contributed by atoms with van der Waals surface area (Å²) < 4.78 is 0. The van der Waals surface area contributed by atoms with Crippen molar-refractivity contribution in [3.05, 3.63) is 12.3 Å². The highest BCUT2D eigenvalue weighted by Gasteiger charge is 2.29. The van der Waals surface area contributed by atoms with Crippen molar-refractivity contribution in [3.8, 4) is 0 Å². The molecule has 0 aromatic carbocycles. The molecule has 1 amide bonds. The standard InChI is InChI=1S/C5H4N4O/c10-5-4-6-2-1-3-9(4)8-7-5/h1-4H. The Morgan fingerprint density at radius 1 is 1.60 bits per heavy atom. The zero-order valence-electron chi connectivity index (χ0n) is 5.01. The van der Waals surface area contributed by atoms with E-state index in [0.717, 1.165) is 0 Å². The predicted octanol–water partition coefficient (Wildman–Crippen LogP) is 0.120. The van der Waals surface area contributed by atoms with Crippen LogP contribution >= 0.6 is 0 Å². The molecule has 1 unspecified atom stereocenters. The first-order chi connectivity index (χ1) is 4.88. The number of fused-ring (bicyclic) bond motifs is 1. The number of aliphatic imine (C=N–C) groups is 1. The van der Waals surface area contributed by atoms with Crippen molar-refractivity contribution in [1.29, 1.82) is 0 Å². The Labute approximate surface area is 56.7 Å². The van der Waals surface area contributed by atoms with E-state index in [1.54, 1.807) is 18.5 Å². The summed E-state index contributed by atoms with van der Waals surface area (Å²) in [6.45, 7) is 0. The quantitative estimate of drug-likeness (QED) is 0.475. The molecule has 0 aliphatic carbocycles. The summed E-state index contributed by atoms with van der Waals surface area (Å²) in [6.07, 6.45) is 4.40. The number of hydrogen-bond donors (Lipinski definition) is 0. The Morgan fingerprint density at radius 3 is 3.30 bits per heavy atom. The third-order valence-electron chi connectivity index (χ3n) is 1.27. The minimum Gasteiger partial charge on any atom is -0.266 e. The molecule has 2 aliphatic rings. The van der Waals surface area contributed by atoms with Gasteiger partial charge in [-0.3, -0.25) is 9.79 Å². The highest BCUT2D eigenvalue weighted by molar-refractivity contribution is 5.86. The number of carbonyl (C=O) groups is 1. The van der Waals surface area contributed by atoms with Crippen molar-refractivity contribution in [2.24, 2.45) is 15.3 Å². The topological polar surface area (TPSA) is 57.4 Å². The van der Waals surface area contributed by atoms with E-state index < -0.39 is 6.17 Å². The molecule has 0 aromatic heterocycles. The molecule has 2 rings (SSSR count). The van der Waals surface area contributed by atoms with Crippen LogP contribution in [-0.4, -0.2) is 23.3 Å². The molecule has 0 radical (unpaired) electrons. The van der Waals surface area contributed by atoms with Gasteiger partial charge in [-0.15, -0.1) is 0 Å². The molecule has 2 heterocycles. The summed E-state index contributed by atoms with van der Waals surface area (Å²) in [5.74, 6) is -0.305. The first kappa shape index (κ1) is 5.28. The zero-order chi connectivity index (χ0) is 6.97. The Morgan fingerprint density at radius 2 is 2.50 bits per heavy atom. The Hall–Kier alpha value is -1.52. The van der Waals surface area contributed by atoms with Crippen LogP contribution in [0.1, 0.15) is 0 Å². The molecule has 50 valence electrons. The number of hydrogen-bond acceptors (Lipinski definition) is 4. The molecule has 0 fully saturated rings. The van der Waals surface area contributed by atoms with Gasteiger partial charge in [0.25, 0.3) is 0 Å². The third-order valence-corrected chi connectivity index (χ3v) is 1.27. The smallest absolute Gasteiger partial charge is 0.266 e. The molecular weight excluding hydrogens is 132 g/mol. The lowest BCUT2D eigenvalue weighted by atomic mass is 10.4. The molecule has 10 heavy (non-hydrogen) atoms. The largest absolute Gasteiger partial charge is 0.312 e. The minimum atomic E-state index is -0.523. The molecule has 0 aromatic rings. The van der Waals surface area contributed by atoms with E-state index >= 15 is 0 Å². The maximum atomic E-state index is 10.8. The van der Waals surface area contributed by atoms with Crippen molar-refractivity contribution < 1.29 is 4.79 Å².